The number of hydrogen-bond donors (Lipinski definition) is 0. The molecule has 8 heteroatoms. The molecule has 0 bridgehead atoms. The Bertz CT molecular complexity index is 1230. The first-order chi connectivity index (χ1) is 14.8. The number of hydrogen-bond acceptors (Lipinski definition) is 6. The minimum Gasteiger partial charge on any atom is -0.464 e. The van der Waals surface area contributed by atoms with E-state index in [0.29, 0.717) is 49.5 Å². The molecule has 1 aromatic carbocycles. The van der Waals surface area contributed by atoms with Gasteiger partial charge in [-0.05, 0) is 44.9 Å². The van der Waals surface area contributed by atoms with Crippen LogP contribution in [0.15, 0.2) is 26.0 Å². The summed E-state index contributed by atoms with van der Waals surface area (Å²) in [7, 11) is 0. The van der Waals surface area contributed by atoms with Crippen LogP contribution < -0.4 is 5.63 Å². The maximum atomic E-state index is 12.9. The van der Waals surface area contributed by atoms with Crippen molar-refractivity contribution in [1.82, 2.24) is 9.80 Å². The number of rotatable bonds is 3. The van der Waals surface area contributed by atoms with Crippen molar-refractivity contribution in [3.05, 3.63) is 45.0 Å². The molecule has 4 rings (SSSR count). The van der Waals surface area contributed by atoms with Crippen LogP contribution in [0.1, 0.15) is 29.2 Å². The molecule has 1 aliphatic rings. The van der Waals surface area contributed by atoms with Gasteiger partial charge in [-0.3, -0.25) is 4.79 Å². The Labute approximate surface area is 179 Å². The lowest BCUT2D eigenvalue weighted by Crippen LogP contribution is -2.51. The molecule has 2 amide bonds. The molecule has 0 aliphatic carbocycles. The Hall–Kier alpha value is -3.29. The highest BCUT2D eigenvalue weighted by molar-refractivity contribution is 6.00. The molecule has 1 saturated heterocycles. The van der Waals surface area contributed by atoms with E-state index < -0.39 is 5.63 Å². The van der Waals surface area contributed by atoms with Gasteiger partial charge in [0.05, 0.1) is 24.9 Å². The zero-order valence-corrected chi connectivity index (χ0v) is 18.2. The monoisotopic (exact) mass is 426 g/mol. The largest absolute Gasteiger partial charge is 0.464 e. The van der Waals surface area contributed by atoms with E-state index in [1.54, 1.807) is 23.0 Å². The number of aryl methyl sites for hydroxylation is 3. The van der Waals surface area contributed by atoms with Crippen LogP contribution in [0, 0.1) is 20.8 Å². The Morgan fingerprint density at radius 1 is 1.00 bits per heavy atom. The summed E-state index contributed by atoms with van der Waals surface area (Å²) in [6, 6.07) is 1.96. The standard InChI is InChI=1S/C23H26N2O6/c1-5-29-23(28)25-8-6-24(7-9-25)19(26)11-18-14(3)17-10-16-13(2)12-30-20(16)15(4)21(17)31-22(18)27/h10,12H,5-9,11H2,1-4H3. The molecule has 8 nitrogen and oxygen atoms in total. The summed E-state index contributed by atoms with van der Waals surface area (Å²) in [5, 5.41) is 1.78. The van der Waals surface area contributed by atoms with E-state index in [-0.39, 0.29) is 18.4 Å². The van der Waals surface area contributed by atoms with Gasteiger partial charge in [0.15, 0.2) is 0 Å². The average Bonchev–Trinajstić information content (AvgIpc) is 3.13. The zero-order chi connectivity index (χ0) is 22.3. The number of carbonyl (C=O) groups is 2. The van der Waals surface area contributed by atoms with E-state index in [2.05, 4.69) is 0 Å². The van der Waals surface area contributed by atoms with Gasteiger partial charge in [-0.15, -0.1) is 0 Å². The lowest BCUT2D eigenvalue weighted by molar-refractivity contribution is -0.132. The highest BCUT2D eigenvalue weighted by Gasteiger charge is 2.26. The molecule has 0 atom stereocenters. The predicted octanol–water partition coefficient (Wildman–Crippen LogP) is 3.31. The molecule has 1 fully saturated rings. The smallest absolute Gasteiger partial charge is 0.409 e. The number of ether oxygens (including phenoxy) is 1. The zero-order valence-electron chi connectivity index (χ0n) is 18.2. The van der Waals surface area contributed by atoms with Crippen LogP contribution in [0.4, 0.5) is 4.79 Å². The van der Waals surface area contributed by atoms with Crippen molar-refractivity contribution >= 4 is 33.9 Å². The summed E-state index contributed by atoms with van der Waals surface area (Å²) in [6.07, 6.45) is 1.28. The van der Waals surface area contributed by atoms with Gasteiger partial charge in [0.1, 0.15) is 11.2 Å². The SMILES string of the molecule is CCOC(=O)N1CCN(C(=O)Cc2c(C)c3cc4c(C)coc4c(C)c3oc2=O)CC1. The number of carbonyl (C=O) groups excluding carboxylic acids is 2. The van der Waals surface area contributed by atoms with Crippen LogP contribution in [0.3, 0.4) is 0 Å². The van der Waals surface area contributed by atoms with Gasteiger partial charge in [-0.1, -0.05) is 0 Å². The maximum Gasteiger partial charge on any atom is 0.409 e. The number of benzene rings is 1. The lowest BCUT2D eigenvalue weighted by atomic mass is 9.99. The van der Waals surface area contributed by atoms with E-state index in [4.69, 9.17) is 13.6 Å². The van der Waals surface area contributed by atoms with Gasteiger partial charge in [0, 0.05) is 42.5 Å². The van der Waals surface area contributed by atoms with Gasteiger partial charge in [-0.2, -0.15) is 0 Å². The van der Waals surface area contributed by atoms with Crippen molar-refractivity contribution in [2.24, 2.45) is 0 Å². The second kappa shape index (κ2) is 8.09. The summed E-state index contributed by atoms with van der Waals surface area (Å²) < 4.78 is 16.3. The number of fused-ring (bicyclic) bond motifs is 2. The molecule has 3 heterocycles. The molecule has 164 valence electrons. The summed E-state index contributed by atoms with van der Waals surface area (Å²) in [4.78, 5) is 40.7. The topological polar surface area (TPSA) is 93.2 Å². The van der Waals surface area contributed by atoms with E-state index in [1.165, 1.54) is 0 Å². The molecule has 1 aliphatic heterocycles. The van der Waals surface area contributed by atoms with Gasteiger partial charge in [0.2, 0.25) is 5.91 Å². The molecule has 0 saturated carbocycles. The summed E-state index contributed by atoms with van der Waals surface area (Å²) in [6.45, 7) is 9.39. The second-order valence-electron chi connectivity index (χ2n) is 7.91. The van der Waals surface area contributed by atoms with Crippen molar-refractivity contribution in [2.45, 2.75) is 34.1 Å². The molecule has 0 spiro atoms. The average molecular weight is 426 g/mol. The van der Waals surface area contributed by atoms with E-state index >= 15 is 0 Å². The minimum atomic E-state index is -0.505. The minimum absolute atomic E-state index is 0.0367. The second-order valence-corrected chi connectivity index (χ2v) is 7.91. The highest BCUT2D eigenvalue weighted by atomic mass is 16.6. The fraction of sp³-hybridized carbons (Fsp3) is 0.435. The van der Waals surface area contributed by atoms with Crippen molar-refractivity contribution < 1.29 is 23.2 Å². The van der Waals surface area contributed by atoms with Crippen LogP contribution in [0.2, 0.25) is 0 Å². The van der Waals surface area contributed by atoms with Crippen LogP contribution >= 0.6 is 0 Å². The van der Waals surface area contributed by atoms with Crippen LogP contribution in [0.25, 0.3) is 21.9 Å². The molecular weight excluding hydrogens is 400 g/mol. The quantitative estimate of drug-likeness (QED) is 0.597. The Kier molecular flexibility index (Phi) is 5.47. The van der Waals surface area contributed by atoms with E-state index in [9.17, 15) is 14.4 Å². The highest BCUT2D eigenvalue weighted by Crippen LogP contribution is 2.32. The summed E-state index contributed by atoms with van der Waals surface area (Å²) in [5.74, 6) is -0.157. The third-order valence-corrected chi connectivity index (χ3v) is 6.02. The Morgan fingerprint density at radius 3 is 2.35 bits per heavy atom. The molecule has 0 radical (unpaired) electrons. The molecule has 0 unspecified atom stereocenters. The van der Waals surface area contributed by atoms with Crippen molar-refractivity contribution in [1.29, 1.82) is 0 Å². The van der Waals surface area contributed by atoms with Crippen LogP contribution in [-0.2, 0) is 16.0 Å². The van der Waals surface area contributed by atoms with Crippen molar-refractivity contribution in [3.8, 4) is 0 Å². The van der Waals surface area contributed by atoms with Crippen LogP contribution in [-0.4, -0.2) is 54.6 Å². The first-order valence-electron chi connectivity index (χ1n) is 10.4. The van der Waals surface area contributed by atoms with Gasteiger partial charge in [0.25, 0.3) is 0 Å². The van der Waals surface area contributed by atoms with Gasteiger partial charge < -0.3 is 23.4 Å². The fourth-order valence-corrected chi connectivity index (χ4v) is 4.14. The third-order valence-electron chi connectivity index (χ3n) is 6.02. The molecule has 31 heavy (non-hydrogen) atoms. The van der Waals surface area contributed by atoms with Crippen molar-refractivity contribution in [2.75, 3.05) is 32.8 Å². The number of piperazine rings is 1. The summed E-state index contributed by atoms with van der Waals surface area (Å²) in [5.41, 5.74) is 3.57. The normalized spacial score (nSPS) is 14.5. The maximum absolute atomic E-state index is 12.9. The van der Waals surface area contributed by atoms with Crippen molar-refractivity contribution in [3.63, 3.8) is 0 Å². The Morgan fingerprint density at radius 2 is 1.68 bits per heavy atom. The number of nitrogens with zero attached hydrogens (tertiary/aromatic N) is 2. The van der Waals surface area contributed by atoms with Crippen LogP contribution in [0.5, 0.6) is 0 Å². The van der Waals surface area contributed by atoms with Gasteiger partial charge >= 0.3 is 11.7 Å². The Balaban J connectivity index is 1.59. The molecule has 3 aromatic rings. The molecular formula is C23H26N2O6. The molecule has 0 N–H and O–H groups in total. The van der Waals surface area contributed by atoms with Gasteiger partial charge in [-0.25, -0.2) is 9.59 Å². The van der Waals surface area contributed by atoms with E-state index in [1.807, 2.05) is 26.8 Å². The first-order valence-corrected chi connectivity index (χ1v) is 10.4. The van der Waals surface area contributed by atoms with E-state index in [0.717, 1.165) is 27.5 Å². The number of amides is 2. The summed E-state index contributed by atoms with van der Waals surface area (Å²) >= 11 is 0. The third kappa shape index (κ3) is 3.66. The predicted molar refractivity (Wildman–Crippen MR) is 115 cm³/mol. The molecule has 2 aromatic heterocycles. The first kappa shape index (κ1) is 21.0. The lowest BCUT2D eigenvalue weighted by Gasteiger charge is -2.34. The number of furan rings is 1. The fourth-order valence-electron chi connectivity index (χ4n) is 4.14.